The lowest BCUT2D eigenvalue weighted by molar-refractivity contribution is 0.0499. The van der Waals surface area contributed by atoms with Crippen molar-refractivity contribution in [3.8, 4) is 11.5 Å². The number of nitrogens with one attached hydrogen (secondary N) is 1. The van der Waals surface area contributed by atoms with Crippen molar-refractivity contribution >= 4 is 17.7 Å². The molecule has 1 fully saturated rings. The number of nitrogens with zero attached hydrogens (tertiary/aromatic N) is 1. The first-order valence-corrected chi connectivity index (χ1v) is 10.6. The van der Waals surface area contributed by atoms with Crippen LogP contribution in [0, 0.1) is 0 Å². The van der Waals surface area contributed by atoms with Crippen molar-refractivity contribution in [1.82, 2.24) is 4.90 Å². The van der Waals surface area contributed by atoms with Crippen molar-refractivity contribution in [2.75, 3.05) is 32.7 Å². The molecule has 31 heavy (non-hydrogen) atoms. The highest BCUT2D eigenvalue weighted by Crippen LogP contribution is 2.39. The molecule has 7 nitrogen and oxygen atoms in total. The van der Waals surface area contributed by atoms with Crippen LogP contribution in [0.5, 0.6) is 11.5 Å². The van der Waals surface area contributed by atoms with Crippen molar-refractivity contribution in [2.45, 2.75) is 38.6 Å². The van der Waals surface area contributed by atoms with Gasteiger partial charge in [0, 0.05) is 17.8 Å². The molecule has 1 saturated heterocycles. The summed E-state index contributed by atoms with van der Waals surface area (Å²) in [5.41, 5.74) is 2.02. The second-order valence-corrected chi connectivity index (χ2v) is 7.46. The van der Waals surface area contributed by atoms with E-state index in [9.17, 15) is 9.59 Å². The fourth-order valence-electron chi connectivity index (χ4n) is 3.71. The number of esters is 1. The van der Waals surface area contributed by atoms with E-state index < -0.39 is 0 Å². The van der Waals surface area contributed by atoms with Gasteiger partial charge >= 0.3 is 12.0 Å². The molecule has 7 heteroatoms. The first kappa shape index (κ1) is 22.5. The number of hydrogen-bond donors (Lipinski definition) is 1. The predicted molar refractivity (Wildman–Crippen MR) is 119 cm³/mol. The maximum Gasteiger partial charge on any atom is 0.338 e. The zero-order valence-electron chi connectivity index (χ0n) is 18.3. The van der Waals surface area contributed by atoms with Gasteiger partial charge in [-0.2, -0.15) is 0 Å². The summed E-state index contributed by atoms with van der Waals surface area (Å²) in [5.74, 6) is 1.11. The van der Waals surface area contributed by atoms with Crippen molar-refractivity contribution in [1.29, 1.82) is 0 Å². The van der Waals surface area contributed by atoms with Gasteiger partial charge in [-0.1, -0.05) is 13.3 Å². The molecule has 1 unspecified atom stereocenters. The molecule has 1 atom stereocenters. The molecule has 1 heterocycles. The molecule has 3 rings (SSSR count). The Morgan fingerprint density at radius 3 is 2.55 bits per heavy atom. The number of likely N-dealkylation sites (tertiary alicyclic amines) is 1. The largest absolute Gasteiger partial charge is 0.497 e. The molecule has 1 aliphatic rings. The molecule has 0 aromatic heterocycles. The summed E-state index contributed by atoms with van der Waals surface area (Å²) in [5, 5.41) is 2.93. The lowest BCUT2D eigenvalue weighted by Gasteiger charge is -2.27. The fourth-order valence-corrected chi connectivity index (χ4v) is 3.71. The summed E-state index contributed by atoms with van der Waals surface area (Å²) >= 11 is 0. The van der Waals surface area contributed by atoms with Crippen molar-refractivity contribution in [2.24, 2.45) is 0 Å². The summed E-state index contributed by atoms with van der Waals surface area (Å²) in [4.78, 5) is 26.8. The van der Waals surface area contributed by atoms with Crippen LogP contribution in [0.15, 0.2) is 42.5 Å². The first-order chi connectivity index (χ1) is 15.1. The van der Waals surface area contributed by atoms with Crippen LogP contribution < -0.4 is 14.8 Å². The Morgan fingerprint density at radius 1 is 1.10 bits per heavy atom. The smallest absolute Gasteiger partial charge is 0.338 e. The van der Waals surface area contributed by atoms with E-state index in [0.717, 1.165) is 42.7 Å². The van der Waals surface area contributed by atoms with Crippen LogP contribution in [0.25, 0.3) is 0 Å². The van der Waals surface area contributed by atoms with E-state index in [0.29, 0.717) is 24.4 Å². The average Bonchev–Trinajstić information content (AvgIpc) is 3.29. The minimum Gasteiger partial charge on any atom is -0.497 e. The lowest BCUT2D eigenvalue weighted by atomic mass is 10.0. The number of ether oxygens (including phenoxy) is 3. The van der Waals surface area contributed by atoms with Gasteiger partial charge in [0.15, 0.2) is 0 Å². The van der Waals surface area contributed by atoms with Crippen molar-refractivity contribution < 1.29 is 23.8 Å². The van der Waals surface area contributed by atoms with E-state index in [4.69, 9.17) is 14.2 Å². The van der Waals surface area contributed by atoms with Crippen LogP contribution in [0.4, 0.5) is 10.5 Å². The Morgan fingerprint density at radius 2 is 1.87 bits per heavy atom. The molecule has 0 bridgehead atoms. The van der Waals surface area contributed by atoms with E-state index in [1.807, 2.05) is 30.0 Å². The van der Waals surface area contributed by atoms with Crippen molar-refractivity contribution in [3.05, 3.63) is 53.6 Å². The second kappa shape index (κ2) is 10.7. The quantitative estimate of drug-likeness (QED) is 0.473. The first-order valence-electron chi connectivity index (χ1n) is 10.6. The van der Waals surface area contributed by atoms with Gasteiger partial charge in [-0.15, -0.1) is 0 Å². The Bertz CT molecular complexity index is 897. The maximum atomic E-state index is 13.0. The molecule has 2 amide bonds. The van der Waals surface area contributed by atoms with Crippen LogP contribution in [0.2, 0.25) is 0 Å². The van der Waals surface area contributed by atoms with Crippen LogP contribution in [0.3, 0.4) is 0 Å². The SMILES string of the molecule is CCCCOC(=O)c1ccc(NC(=O)N2CCCC2c2cc(OC)ccc2OC)cc1. The maximum absolute atomic E-state index is 13.0. The lowest BCUT2D eigenvalue weighted by Crippen LogP contribution is -2.34. The third kappa shape index (κ3) is 5.48. The zero-order chi connectivity index (χ0) is 22.2. The Balaban J connectivity index is 1.68. The van der Waals surface area contributed by atoms with Gasteiger partial charge in [-0.05, 0) is 61.7 Å². The normalized spacial score (nSPS) is 15.5. The number of hydrogen-bond acceptors (Lipinski definition) is 5. The molecule has 0 spiro atoms. The highest BCUT2D eigenvalue weighted by molar-refractivity contribution is 5.92. The topological polar surface area (TPSA) is 77.1 Å². The molecule has 0 saturated carbocycles. The Labute approximate surface area is 183 Å². The molecule has 0 aliphatic carbocycles. The summed E-state index contributed by atoms with van der Waals surface area (Å²) in [6.45, 7) is 3.11. The number of carbonyl (C=O) groups excluding carboxylic acids is 2. The van der Waals surface area contributed by atoms with Crippen LogP contribution in [-0.2, 0) is 4.74 Å². The van der Waals surface area contributed by atoms with Crippen LogP contribution in [0.1, 0.15) is 54.6 Å². The van der Waals surface area contributed by atoms with E-state index >= 15 is 0 Å². The van der Waals surface area contributed by atoms with Gasteiger partial charge in [0.2, 0.25) is 0 Å². The number of carbonyl (C=O) groups is 2. The van der Waals surface area contributed by atoms with Crippen molar-refractivity contribution in [3.63, 3.8) is 0 Å². The molecular formula is C24H30N2O5. The van der Waals surface area contributed by atoms with Crippen LogP contribution in [-0.4, -0.2) is 44.3 Å². The second-order valence-electron chi connectivity index (χ2n) is 7.46. The number of unbranched alkanes of at least 4 members (excludes halogenated alkanes) is 1. The Kier molecular flexibility index (Phi) is 7.76. The molecule has 2 aromatic rings. The third-order valence-corrected chi connectivity index (χ3v) is 5.41. The average molecular weight is 427 g/mol. The zero-order valence-corrected chi connectivity index (χ0v) is 18.3. The van der Waals surface area contributed by atoms with E-state index in [1.165, 1.54) is 0 Å². The van der Waals surface area contributed by atoms with Gasteiger partial charge in [0.25, 0.3) is 0 Å². The van der Waals surface area contributed by atoms with Gasteiger partial charge in [-0.25, -0.2) is 9.59 Å². The molecule has 166 valence electrons. The third-order valence-electron chi connectivity index (χ3n) is 5.41. The number of amides is 2. The molecule has 1 N–H and O–H groups in total. The van der Waals surface area contributed by atoms with Gasteiger partial charge < -0.3 is 24.4 Å². The predicted octanol–water partition coefficient (Wildman–Crippen LogP) is 5.03. The fraction of sp³-hybridized carbons (Fsp3) is 0.417. The minimum absolute atomic E-state index is 0.0992. The Hall–Kier alpha value is -3.22. The number of anilines is 1. The standard InChI is InChI=1S/C24H30N2O5/c1-4-5-15-31-23(27)17-8-10-18(11-9-17)25-24(28)26-14-6-7-21(26)20-16-19(29-2)12-13-22(20)30-3/h8-13,16,21H,4-7,14-15H2,1-3H3,(H,25,28). The van der Waals surface area contributed by atoms with E-state index in [1.54, 1.807) is 38.5 Å². The highest BCUT2D eigenvalue weighted by Gasteiger charge is 2.32. The highest BCUT2D eigenvalue weighted by atomic mass is 16.5. The molecule has 0 radical (unpaired) electrons. The molecule has 2 aromatic carbocycles. The van der Waals surface area contributed by atoms with E-state index in [-0.39, 0.29) is 18.0 Å². The van der Waals surface area contributed by atoms with Gasteiger partial charge in [-0.3, -0.25) is 0 Å². The number of urea groups is 1. The minimum atomic E-state index is -0.351. The summed E-state index contributed by atoms with van der Waals surface area (Å²) in [6.07, 6.45) is 3.56. The monoisotopic (exact) mass is 426 g/mol. The number of benzene rings is 2. The molecular weight excluding hydrogens is 396 g/mol. The summed E-state index contributed by atoms with van der Waals surface area (Å²) < 4.78 is 16.1. The molecule has 1 aliphatic heterocycles. The summed E-state index contributed by atoms with van der Waals surface area (Å²) in [7, 11) is 3.24. The van der Waals surface area contributed by atoms with Crippen LogP contribution >= 0.6 is 0 Å². The number of rotatable bonds is 8. The number of methoxy groups -OCH3 is 2. The summed E-state index contributed by atoms with van der Waals surface area (Å²) in [6, 6.07) is 12.1. The van der Waals surface area contributed by atoms with E-state index in [2.05, 4.69) is 5.32 Å². The van der Waals surface area contributed by atoms with Gasteiger partial charge in [0.05, 0.1) is 32.4 Å². The van der Waals surface area contributed by atoms with Gasteiger partial charge in [0.1, 0.15) is 11.5 Å².